The van der Waals surface area contributed by atoms with Crippen LogP contribution in [0.2, 0.25) is 0 Å². The van der Waals surface area contributed by atoms with Gasteiger partial charge in [-0.3, -0.25) is 0 Å². The maximum absolute atomic E-state index is 5.94. The zero-order valence-corrected chi connectivity index (χ0v) is 14.0. The molecular formula is C18H25NOS. The Balaban J connectivity index is 2.31. The minimum Gasteiger partial charge on any atom is -0.493 e. The molecule has 1 atom stereocenters. The molecule has 0 aliphatic carbocycles. The molecule has 1 aromatic carbocycles. The van der Waals surface area contributed by atoms with Gasteiger partial charge < -0.3 is 10.1 Å². The van der Waals surface area contributed by atoms with Crippen molar-refractivity contribution < 1.29 is 4.74 Å². The molecule has 0 bridgehead atoms. The first-order valence-electron chi connectivity index (χ1n) is 7.77. The van der Waals surface area contributed by atoms with Crippen LogP contribution in [0.25, 0.3) is 0 Å². The molecule has 21 heavy (non-hydrogen) atoms. The molecule has 1 heterocycles. The van der Waals surface area contributed by atoms with Gasteiger partial charge in [-0.05, 0) is 44.5 Å². The van der Waals surface area contributed by atoms with Crippen molar-refractivity contribution in [1.29, 1.82) is 0 Å². The fourth-order valence-corrected chi connectivity index (χ4v) is 3.30. The number of rotatable bonds is 8. The normalized spacial score (nSPS) is 12.3. The van der Waals surface area contributed by atoms with E-state index in [0.717, 1.165) is 31.7 Å². The van der Waals surface area contributed by atoms with Gasteiger partial charge in [-0.25, -0.2) is 0 Å². The number of benzene rings is 1. The second-order valence-corrected chi connectivity index (χ2v) is 6.54. The lowest BCUT2D eigenvalue weighted by Gasteiger charge is -2.21. The fraction of sp³-hybridized carbons (Fsp3) is 0.444. The van der Waals surface area contributed by atoms with Gasteiger partial charge in [0.05, 0.1) is 12.6 Å². The van der Waals surface area contributed by atoms with Crippen LogP contribution in [-0.4, -0.2) is 13.2 Å². The topological polar surface area (TPSA) is 21.3 Å². The van der Waals surface area contributed by atoms with Gasteiger partial charge in [0, 0.05) is 15.3 Å². The van der Waals surface area contributed by atoms with Crippen LogP contribution in [0.4, 0.5) is 0 Å². The van der Waals surface area contributed by atoms with Crippen molar-refractivity contribution >= 4 is 11.3 Å². The third-order valence-corrected chi connectivity index (χ3v) is 4.40. The standard InChI is InChI=1S/C18H25NOS/c1-4-12-19-18(17-11-10-14(3)21-17)15-8-6-7-9-16(15)20-13-5-2/h6-11,18-19H,4-5,12-13H2,1-3H3. The van der Waals surface area contributed by atoms with E-state index in [0.29, 0.717) is 0 Å². The summed E-state index contributed by atoms with van der Waals surface area (Å²) in [6, 6.07) is 13.0. The van der Waals surface area contributed by atoms with Crippen molar-refractivity contribution in [2.24, 2.45) is 0 Å². The van der Waals surface area contributed by atoms with Crippen molar-refractivity contribution in [2.45, 2.75) is 39.7 Å². The molecule has 1 unspecified atom stereocenters. The summed E-state index contributed by atoms with van der Waals surface area (Å²) < 4.78 is 5.94. The van der Waals surface area contributed by atoms with E-state index < -0.39 is 0 Å². The Labute approximate surface area is 132 Å². The van der Waals surface area contributed by atoms with Gasteiger partial charge in [-0.15, -0.1) is 11.3 Å². The summed E-state index contributed by atoms with van der Waals surface area (Å²) in [5, 5.41) is 3.66. The van der Waals surface area contributed by atoms with Gasteiger partial charge in [-0.2, -0.15) is 0 Å². The molecule has 0 aliphatic heterocycles. The Hall–Kier alpha value is -1.32. The summed E-state index contributed by atoms with van der Waals surface area (Å²) in [6.45, 7) is 8.26. The highest BCUT2D eigenvalue weighted by Crippen LogP contribution is 2.33. The van der Waals surface area contributed by atoms with E-state index in [1.807, 2.05) is 17.4 Å². The van der Waals surface area contributed by atoms with E-state index in [1.54, 1.807) is 0 Å². The smallest absolute Gasteiger partial charge is 0.124 e. The minimum atomic E-state index is 0.219. The van der Waals surface area contributed by atoms with Crippen molar-refractivity contribution in [3.05, 3.63) is 51.7 Å². The molecule has 0 saturated carbocycles. The fourth-order valence-electron chi connectivity index (χ4n) is 2.32. The largest absolute Gasteiger partial charge is 0.493 e. The summed E-state index contributed by atoms with van der Waals surface area (Å²) >= 11 is 1.86. The first-order chi connectivity index (χ1) is 10.3. The van der Waals surface area contributed by atoms with Crippen LogP contribution in [0, 0.1) is 6.92 Å². The molecule has 2 rings (SSSR count). The molecule has 0 fully saturated rings. The van der Waals surface area contributed by atoms with E-state index in [4.69, 9.17) is 4.74 Å². The Morgan fingerprint density at radius 3 is 2.57 bits per heavy atom. The Bertz CT molecular complexity index is 550. The molecule has 0 aliphatic rings. The van der Waals surface area contributed by atoms with E-state index in [9.17, 15) is 0 Å². The maximum atomic E-state index is 5.94. The number of nitrogens with one attached hydrogen (secondary N) is 1. The lowest BCUT2D eigenvalue weighted by Crippen LogP contribution is -2.23. The van der Waals surface area contributed by atoms with Crippen LogP contribution in [0.3, 0.4) is 0 Å². The SMILES string of the molecule is CCCNC(c1ccc(C)s1)c1ccccc1OCCC. The molecule has 114 valence electrons. The monoisotopic (exact) mass is 303 g/mol. The van der Waals surface area contributed by atoms with Crippen LogP contribution in [-0.2, 0) is 0 Å². The van der Waals surface area contributed by atoms with Gasteiger partial charge in [0.15, 0.2) is 0 Å². The Morgan fingerprint density at radius 2 is 1.90 bits per heavy atom. The zero-order valence-electron chi connectivity index (χ0n) is 13.2. The predicted molar refractivity (Wildman–Crippen MR) is 91.4 cm³/mol. The molecule has 2 nitrogen and oxygen atoms in total. The summed E-state index contributed by atoms with van der Waals surface area (Å²) in [7, 11) is 0. The van der Waals surface area contributed by atoms with Crippen LogP contribution < -0.4 is 10.1 Å². The van der Waals surface area contributed by atoms with Gasteiger partial charge >= 0.3 is 0 Å². The van der Waals surface area contributed by atoms with Crippen LogP contribution >= 0.6 is 11.3 Å². The van der Waals surface area contributed by atoms with Crippen LogP contribution in [0.15, 0.2) is 36.4 Å². The lowest BCUT2D eigenvalue weighted by atomic mass is 10.0. The number of hydrogen-bond acceptors (Lipinski definition) is 3. The van der Waals surface area contributed by atoms with Crippen molar-refractivity contribution in [1.82, 2.24) is 5.32 Å². The number of hydrogen-bond donors (Lipinski definition) is 1. The number of para-hydroxylation sites is 1. The molecule has 0 saturated heterocycles. The van der Waals surface area contributed by atoms with E-state index >= 15 is 0 Å². The second-order valence-electron chi connectivity index (χ2n) is 5.22. The van der Waals surface area contributed by atoms with E-state index in [1.165, 1.54) is 15.3 Å². The summed E-state index contributed by atoms with van der Waals surface area (Å²) in [4.78, 5) is 2.70. The summed E-state index contributed by atoms with van der Waals surface area (Å²) in [5.74, 6) is 0.999. The summed E-state index contributed by atoms with van der Waals surface area (Å²) in [6.07, 6.45) is 2.15. The average Bonchev–Trinajstić information content (AvgIpc) is 2.93. The maximum Gasteiger partial charge on any atom is 0.124 e. The highest BCUT2D eigenvalue weighted by atomic mass is 32.1. The molecule has 0 amide bonds. The summed E-state index contributed by atoms with van der Waals surface area (Å²) in [5.41, 5.74) is 1.24. The van der Waals surface area contributed by atoms with Gasteiger partial charge in [0.2, 0.25) is 0 Å². The molecule has 1 N–H and O–H groups in total. The molecule has 3 heteroatoms. The Morgan fingerprint density at radius 1 is 1.10 bits per heavy atom. The number of ether oxygens (including phenoxy) is 1. The minimum absolute atomic E-state index is 0.219. The predicted octanol–water partition coefficient (Wildman–Crippen LogP) is 4.93. The Kier molecular flexibility index (Phi) is 6.27. The molecule has 0 radical (unpaired) electrons. The first kappa shape index (κ1) is 16.1. The highest BCUT2D eigenvalue weighted by Gasteiger charge is 2.19. The van der Waals surface area contributed by atoms with E-state index in [-0.39, 0.29) is 6.04 Å². The second kappa shape index (κ2) is 8.20. The van der Waals surface area contributed by atoms with Crippen molar-refractivity contribution in [2.75, 3.05) is 13.2 Å². The quantitative estimate of drug-likeness (QED) is 0.746. The van der Waals surface area contributed by atoms with Crippen LogP contribution in [0.5, 0.6) is 5.75 Å². The lowest BCUT2D eigenvalue weighted by molar-refractivity contribution is 0.312. The third-order valence-electron chi connectivity index (χ3n) is 3.34. The van der Waals surface area contributed by atoms with E-state index in [2.05, 4.69) is 56.4 Å². The van der Waals surface area contributed by atoms with Gasteiger partial charge in [0.25, 0.3) is 0 Å². The molecule has 1 aromatic heterocycles. The van der Waals surface area contributed by atoms with Crippen molar-refractivity contribution in [3.63, 3.8) is 0 Å². The number of aryl methyl sites for hydroxylation is 1. The highest BCUT2D eigenvalue weighted by molar-refractivity contribution is 7.12. The molecule has 0 spiro atoms. The first-order valence-corrected chi connectivity index (χ1v) is 8.59. The number of thiophene rings is 1. The van der Waals surface area contributed by atoms with Gasteiger partial charge in [-0.1, -0.05) is 32.0 Å². The molecule has 2 aromatic rings. The van der Waals surface area contributed by atoms with Crippen LogP contribution in [0.1, 0.15) is 48.0 Å². The van der Waals surface area contributed by atoms with Crippen molar-refractivity contribution in [3.8, 4) is 5.75 Å². The van der Waals surface area contributed by atoms with Gasteiger partial charge in [0.1, 0.15) is 5.75 Å². The zero-order chi connectivity index (χ0) is 15.1. The third kappa shape index (κ3) is 4.32. The molecular weight excluding hydrogens is 278 g/mol. The average molecular weight is 303 g/mol.